The zero-order valence-corrected chi connectivity index (χ0v) is 11.4. The molecule has 0 spiro atoms. The molecule has 2 rings (SSSR count). The number of piperidine rings is 1. The minimum absolute atomic E-state index is 0.106. The van der Waals surface area contributed by atoms with Crippen molar-refractivity contribution in [3.63, 3.8) is 0 Å². The van der Waals surface area contributed by atoms with Crippen molar-refractivity contribution in [2.75, 3.05) is 30.3 Å². The molecular weight excluding hydrogens is 262 g/mol. The van der Waals surface area contributed by atoms with Gasteiger partial charge < -0.3 is 20.1 Å². The molecule has 0 radical (unpaired) electrons. The lowest BCUT2D eigenvalue weighted by Crippen LogP contribution is -2.35. The average molecular weight is 280 g/mol. The van der Waals surface area contributed by atoms with Crippen LogP contribution in [0.2, 0.25) is 0 Å². The molecule has 0 aliphatic carbocycles. The minimum Gasteiger partial charge on any atom is -0.733 e. The number of pyridine rings is 1. The molecule has 7 nitrogen and oxygen atoms in total. The van der Waals surface area contributed by atoms with E-state index in [-0.39, 0.29) is 16.9 Å². The number of carbonyl (C=O) groups excluding carboxylic acids is 1. The van der Waals surface area contributed by atoms with E-state index in [1.165, 1.54) is 19.4 Å². The molecule has 0 bridgehead atoms. The third-order valence-corrected chi connectivity index (χ3v) is 3.57. The predicted molar refractivity (Wildman–Crippen MR) is 73.4 cm³/mol. The first-order chi connectivity index (χ1) is 9.60. The van der Waals surface area contributed by atoms with Crippen LogP contribution in [0.3, 0.4) is 0 Å². The van der Waals surface area contributed by atoms with E-state index in [0.29, 0.717) is 12.3 Å². The Hall–Kier alpha value is -1.86. The molecule has 1 aromatic heterocycles. The zero-order valence-electron chi connectivity index (χ0n) is 11.4. The summed E-state index contributed by atoms with van der Waals surface area (Å²) >= 11 is 0. The van der Waals surface area contributed by atoms with Gasteiger partial charge in [-0.25, -0.2) is 4.98 Å². The highest BCUT2D eigenvalue weighted by atomic mass is 16.8. The molecule has 1 saturated heterocycles. The van der Waals surface area contributed by atoms with Crippen molar-refractivity contribution < 1.29 is 14.7 Å². The van der Waals surface area contributed by atoms with Gasteiger partial charge in [-0.2, -0.15) is 0 Å². The number of carbonyl (C=O) groups is 1. The maximum Gasteiger partial charge on any atom is 0.305 e. The maximum atomic E-state index is 11.2. The Balaban J connectivity index is 1.88. The van der Waals surface area contributed by atoms with Crippen LogP contribution in [0.5, 0.6) is 0 Å². The van der Waals surface area contributed by atoms with Gasteiger partial charge in [-0.15, -0.1) is 0 Å². The lowest BCUT2D eigenvalue weighted by molar-refractivity contribution is -0.141. The van der Waals surface area contributed by atoms with E-state index < -0.39 is 0 Å². The van der Waals surface area contributed by atoms with Crippen LogP contribution in [-0.4, -0.2) is 36.4 Å². The molecule has 110 valence electrons. The van der Waals surface area contributed by atoms with E-state index in [1.54, 1.807) is 6.07 Å². The van der Waals surface area contributed by atoms with Gasteiger partial charge in [0, 0.05) is 19.5 Å². The molecule has 2 heterocycles. The molecule has 1 aliphatic rings. The first-order valence-corrected chi connectivity index (χ1v) is 6.54. The summed E-state index contributed by atoms with van der Waals surface area (Å²) in [6.07, 6.45) is 3.62. The SMILES string of the molecule is COC(=O)CC1CCN(c2ccc(N([O-])O)cn2)CC1. The molecular formula is C13H18N3O4-. The van der Waals surface area contributed by atoms with Gasteiger partial charge in [0.15, 0.2) is 0 Å². The first kappa shape index (κ1) is 14.5. The average Bonchev–Trinajstić information content (AvgIpc) is 2.48. The first-order valence-electron chi connectivity index (χ1n) is 6.54. The molecule has 1 N–H and O–H groups in total. The van der Waals surface area contributed by atoms with E-state index in [0.717, 1.165) is 31.7 Å². The number of hydrogen-bond acceptors (Lipinski definition) is 7. The third-order valence-electron chi connectivity index (χ3n) is 3.57. The van der Waals surface area contributed by atoms with Crippen LogP contribution in [-0.2, 0) is 9.53 Å². The van der Waals surface area contributed by atoms with Crippen molar-refractivity contribution in [1.82, 2.24) is 4.98 Å². The topological polar surface area (TPSA) is 89.0 Å². The highest BCUT2D eigenvalue weighted by Crippen LogP contribution is 2.25. The molecule has 1 fully saturated rings. The van der Waals surface area contributed by atoms with Crippen LogP contribution in [0.1, 0.15) is 19.3 Å². The molecule has 0 amide bonds. The quantitative estimate of drug-likeness (QED) is 0.661. The molecule has 0 saturated carbocycles. The summed E-state index contributed by atoms with van der Waals surface area (Å²) in [6.45, 7) is 1.63. The van der Waals surface area contributed by atoms with Crippen LogP contribution in [0.4, 0.5) is 11.5 Å². The largest absolute Gasteiger partial charge is 0.733 e. The van der Waals surface area contributed by atoms with Crippen molar-refractivity contribution in [2.45, 2.75) is 19.3 Å². The zero-order chi connectivity index (χ0) is 14.5. The molecule has 1 aliphatic heterocycles. The Kier molecular flexibility index (Phi) is 4.75. The number of hydrogen-bond donors (Lipinski definition) is 1. The number of methoxy groups -OCH3 is 1. The summed E-state index contributed by atoms with van der Waals surface area (Å²) in [5.74, 6) is 0.962. The van der Waals surface area contributed by atoms with Crippen molar-refractivity contribution in [1.29, 1.82) is 0 Å². The monoisotopic (exact) mass is 280 g/mol. The molecule has 0 unspecified atom stereocenters. The Morgan fingerprint density at radius 3 is 2.75 bits per heavy atom. The summed E-state index contributed by atoms with van der Waals surface area (Å²) in [5, 5.41) is 19.2. The number of anilines is 2. The number of rotatable bonds is 4. The number of aromatic nitrogens is 1. The van der Waals surface area contributed by atoms with Crippen LogP contribution >= 0.6 is 0 Å². The van der Waals surface area contributed by atoms with Crippen molar-refractivity contribution in [3.8, 4) is 0 Å². The Morgan fingerprint density at radius 2 is 2.25 bits per heavy atom. The molecule has 0 aromatic carbocycles. The van der Waals surface area contributed by atoms with Crippen molar-refractivity contribution in [2.24, 2.45) is 5.92 Å². The summed E-state index contributed by atoms with van der Waals surface area (Å²) in [7, 11) is 1.41. The Labute approximate surface area is 117 Å². The van der Waals surface area contributed by atoms with Gasteiger partial charge in [-0.1, -0.05) is 0 Å². The van der Waals surface area contributed by atoms with Gasteiger partial charge in [0.05, 0.1) is 19.0 Å². The van der Waals surface area contributed by atoms with Gasteiger partial charge in [0.1, 0.15) is 5.82 Å². The van der Waals surface area contributed by atoms with Gasteiger partial charge >= 0.3 is 5.97 Å². The van der Waals surface area contributed by atoms with Crippen LogP contribution in [0, 0.1) is 11.1 Å². The summed E-state index contributed by atoms with van der Waals surface area (Å²) in [5.41, 5.74) is 0.106. The maximum absolute atomic E-state index is 11.2. The van der Waals surface area contributed by atoms with Gasteiger partial charge in [-0.3, -0.25) is 10.0 Å². The third kappa shape index (κ3) is 3.58. The van der Waals surface area contributed by atoms with Gasteiger partial charge in [-0.05, 0) is 30.9 Å². The number of nitrogens with zero attached hydrogens (tertiary/aromatic N) is 3. The van der Waals surface area contributed by atoms with Crippen molar-refractivity contribution in [3.05, 3.63) is 23.5 Å². The fraction of sp³-hybridized carbons (Fsp3) is 0.538. The van der Waals surface area contributed by atoms with Crippen molar-refractivity contribution >= 4 is 17.5 Å². The Morgan fingerprint density at radius 1 is 1.55 bits per heavy atom. The molecule has 1 aromatic rings. The highest BCUT2D eigenvalue weighted by molar-refractivity contribution is 5.69. The Bertz CT molecular complexity index is 441. The van der Waals surface area contributed by atoms with Crippen LogP contribution < -0.4 is 10.1 Å². The fourth-order valence-corrected chi connectivity index (χ4v) is 2.36. The summed E-state index contributed by atoms with van der Waals surface area (Å²) < 4.78 is 4.68. The second-order valence-electron chi connectivity index (χ2n) is 4.86. The molecule has 0 atom stereocenters. The van der Waals surface area contributed by atoms with E-state index >= 15 is 0 Å². The predicted octanol–water partition coefficient (Wildman–Crippen LogP) is 1.55. The lowest BCUT2D eigenvalue weighted by atomic mass is 9.93. The van der Waals surface area contributed by atoms with E-state index in [1.807, 2.05) is 0 Å². The molecule has 20 heavy (non-hydrogen) atoms. The summed E-state index contributed by atoms with van der Waals surface area (Å²) in [6, 6.07) is 3.23. The standard InChI is InChI=1S/C13H18N3O4/c1-20-13(17)8-10-4-6-15(7-5-10)12-3-2-11(9-14-12)16(18)19/h2-3,9-10,18H,4-8H2,1H3/q-1. The lowest BCUT2D eigenvalue weighted by Gasteiger charge is -2.32. The smallest absolute Gasteiger partial charge is 0.305 e. The second kappa shape index (κ2) is 6.53. The van der Waals surface area contributed by atoms with Crippen LogP contribution in [0.15, 0.2) is 18.3 Å². The number of esters is 1. The van der Waals surface area contributed by atoms with E-state index in [4.69, 9.17) is 5.21 Å². The van der Waals surface area contributed by atoms with E-state index in [9.17, 15) is 10.0 Å². The summed E-state index contributed by atoms with van der Waals surface area (Å²) in [4.78, 5) is 17.5. The number of ether oxygens (including phenoxy) is 1. The van der Waals surface area contributed by atoms with Gasteiger partial charge in [0.25, 0.3) is 0 Å². The highest BCUT2D eigenvalue weighted by Gasteiger charge is 2.22. The second-order valence-corrected chi connectivity index (χ2v) is 4.86. The minimum atomic E-state index is -0.209. The van der Waals surface area contributed by atoms with E-state index in [2.05, 4.69) is 14.6 Å². The van der Waals surface area contributed by atoms with Crippen LogP contribution in [0.25, 0.3) is 0 Å². The molecule has 7 heteroatoms. The van der Waals surface area contributed by atoms with Gasteiger partial charge in [0.2, 0.25) is 0 Å². The fourth-order valence-electron chi connectivity index (χ4n) is 2.36. The normalized spacial score (nSPS) is 16.1.